The molecule has 20 heavy (non-hydrogen) atoms. The monoisotopic (exact) mass is 275 g/mol. The van der Waals surface area contributed by atoms with Gasteiger partial charge < -0.3 is 5.73 Å². The number of aromatic amines is 1. The van der Waals surface area contributed by atoms with E-state index in [4.69, 9.17) is 5.73 Å². The lowest BCUT2D eigenvalue weighted by molar-refractivity contribution is 0.241. The summed E-state index contributed by atoms with van der Waals surface area (Å²) >= 11 is 0. The normalized spacial score (nSPS) is 15.1. The fourth-order valence-electron chi connectivity index (χ4n) is 2.44. The van der Waals surface area contributed by atoms with Crippen LogP contribution in [0.3, 0.4) is 0 Å². The number of nitrogen functional groups attached to an aromatic ring is 1. The topological polar surface area (TPSA) is 87.9 Å². The highest BCUT2D eigenvalue weighted by Crippen LogP contribution is 2.16. The number of nitrogens with two attached hydrogens (primary N) is 1. The molecule has 104 valence electrons. The fourth-order valence-corrected chi connectivity index (χ4v) is 2.44. The Balaban J connectivity index is 1.81. The zero-order valence-corrected chi connectivity index (χ0v) is 10.8. The van der Waals surface area contributed by atoms with E-state index in [-0.39, 0.29) is 17.3 Å². The Hall–Kier alpha value is -2.28. The van der Waals surface area contributed by atoms with Crippen molar-refractivity contribution in [3.05, 3.63) is 51.5 Å². The maximum atomic E-state index is 13.1. The molecule has 0 saturated heterocycles. The molecule has 1 aliphatic rings. The number of pyridine rings is 1. The molecule has 0 unspecified atom stereocenters. The summed E-state index contributed by atoms with van der Waals surface area (Å²) in [4.78, 5) is 24.4. The molecule has 3 rings (SSSR count). The molecule has 3 heterocycles. The van der Waals surface area contributed by atoms with Crippen molar-refractivity contribution in [2.75, 3.05) is 12.3 Å². The zero-order chi connectivity index (χ0) is 14.1. The molecule has 0 aromatic carbocycles. The van der Waals surface area contributed by atoms with Crippen molar-refractivity contribution in [3.8, 4) is 0 Å². The number of hydrogen-bond acceptors (Lipinski definition) is 5. The highest BCUT2D eigenvalue weighted by molar-refractivity contribution is 5.27. The van der Waals surface area contributed by atoms with Crippen LogP contribution in [0.5, 0.6) is 0 Å². The Morgan fingerprint density at radius 2 is 2.30 bits per heavy atom. The smallest absolute Gasteiger partial charge is 0.257 e. The number of aromatic nitrogens is 3. The minimum absolute atomic E-state index is 0.150. The van der Waals surface area contributed by atoms with Gasteiger partial charge in [-0.2, -0.15) is 0 Å². The van der Waals surface area contributed by atoms with Crippen LogP contribution in [0.1, 0.15) is 16.8 Å². The van der Waals surface area contributed by atoms with Crippen molar-refractivity contribution in [3.63, 3.8) is 0 Å². The summed E-state index contributed by atoms with van der Waals surface area (Å²) in [5, 5.41) is 0. The number of hydrogen-bond donors (Lipinski definition) is 2. The minimum atomic E-state index is -0.354. The number of rotatable bonds is 2. The lowest BCUT2D eigenvalue weighted by atomic mass is 10.1. The maximum absolute atomic E-state index is 13.1. The van der Waals surface area contributed by atoms with Crippen molar-refractivity contribution in [2.45, 2.75) is 19.5 Å². The van der Waals surface area contributed by atoms with Crippen LogP contribution in [-0.4, -0.2) is 26.4 Å². The molecule has 6 nitrogen and oxygen atoms in total. The van der Waals surface area contributed by atoms with Gasteiger partial charge in [-0.3, -0.25) is 19.7 Å². The molecule has 0 bridgehead atoms. The van der Waals surface area contributed by atoms with E-state index in [1.54, 1.807) is 6.20 Å². The first kappa shape index (κ1) is 12.7. The SMILES string of the molecule is Nc1nc2c(c(=O)[nH]1)CN(Cc1cncc(F)c1)CC2. The van der Waals surface area contributed by atoms with Crippen LogP contribution < -0.4 is 11.3 Å². The number of halogens is 1. The van der Waals surface area contributed by atoms with Crippen LogP contribution in [0.2, 0.25) is 0 Å². The van der Waals surface area contributed by atoms with E-state index in [9.17, 15) is 9.18 Å². The summed E-state index contributed by atoms with van der Waals surface area (Å²) < 4.78 is 13.1. The van der Waals surface area contributed by atoms with E-state index in [2.05, 4.69) is 19.9 Å². The Bertz CT molecular complexity index is 699. The van der Waals surface area contributed by atoms with Crippen molar-refractivity contribution in [2.24, 2.45) is 0 Å². The van der Waals surface area contributed by atoms with E-state index in [0.29, 0.717) is 25.1 Å². The predicted octanol–water partition coefficient (Wildman–Crippen LogP) is 0.444. The molecular weight excluding hydrogens is 261 g/mol. The van der Waals surface area contributed by atoms with Gasteiger partial charge >= 0.3 is 0 Å². The second-order valence-corrected chi connectivity index (χ2v) is 4.85. The van der Waals surface area contributed by atoms with Crippen LogP contribution in [0.25, 0.3) is 0 Å². The van der Waals surface area contributed by atoms with E-state index < -0.39 is 0 Å². The molecule has 0 atom stereocenters. The summed E-state index contributed by atoms with van der Waals surface area (Å²) in [6, 6.07) is 1.45. The van der Waals surface area contributed by atoms with Crippen molar-refractivity contribution >= 4 is 5.95 Å². The van der Waals surface area contributed by atoms with Gasteiger partial charge in [0, 0.05) is 32.3 Å². The van der Waals surface area contributed by atoms with Crippen molar-refractivity contribution in [1.82, 2.24) is 19.9 Å². The van der Waals surface area contributed by atoms with Gasteiger partial charge in [0.25, 0.3) is 5.56 Å². The first-order valence-corrected chi connectivity index (χ1v) is 6.31. The second kappa shape index (κ2) is 5.01. The molecule has 0 saturated carbocycles. The van der Waals surface area contributed by atoms with Crippen LogP contribution in [0, 0.1) is 5.82 Å². The lowest BCUT2D eigenvalue weighted by Gasteiger charge is -2.27. The van der Waals surface area contributed by atoms with Gasteiger partial charge in [-0.05, 0) is 11.6 Å². The third kappa shape index (κ3) is 2.53. The minimum Gasteiger partial charge on any atom is -0.369 e. The molecule has 0 spiro atoms. The third-order valence-corrected chi connectivity index (χ3v) is 3.33. The van der Waals surface area contributed by atoms with E-state index >= 15 is 0 Å². The second-order valence-electron chi connectivity index (χ2n) is 4.85. The first-order chi connectivity index (χ1) is 9.61. The molecule has 0 aliphatic carbocycles. The largest absolute Gasteiger partial charge is 0.369 e. The molecule has 1 aliphatic heterocycles. The molecule has 2 aromatic rings. The van der Waals surface area contributed by atoms with Crippen molar-refractivity contribution < 1.29 is 4.39 Å². The third-order valence-electron chi connectivity index (χ3n) is 3.33. The van der Waals surface area contributed by atoms with Gasteiger partial charge in [0.15, 0.2) is 0 Å². The Morgan fingerprint density at radius 3 is 3.10 bits per heavy atom. The Kier molecular flexibility index (Phi) is 3.19. The number of H-pyrrole nitrogens is 1. The molecule has 7 heteroatoms. The molecule has 3 N–H and O–H groups in total. The summed E-state index contributed by atoms with van der Waals surface area (Å²) in [5.74, 6) is -0.205. The van der Waals surface area contributed by atoms with Gasteiger partial charge in [0.05, 0.1) is 17.5 Å². The molecule has 2 aromatic heterocycles. The van der Waals surface area contributed by atoms with Gasteiger partial charge in [0.2, 0.25) is 5.95 Å². The maximum Gasteiger partial charge on any atom is 0.257 e. The predicted molar refractivity (Wildman–Crippen MR) is 71.3 cm³/mol. The van der Waals surface area contributed by atoms with E-state index in [1.165, 1.54) is 12.3 Å². The van der Waals surface area contributed by atoms with Gasteiger partial charge in [-0.15, -0.1) is 0 Å². The van der Waals surface area contributed by atoms with E-state index in [0.717, 1.165) is 17.8 Å². The summed E-state index contributed by atoms with van der Waals surface area (Å²) in [7, 11) is 0. The van der Waals surface area contributed by atoms with Gasteiger partial charge in [-0.1, -0.05) is 0 Å². The standard InChI is InChI=1S/C13H14FN5O/c14-9-3-8(4-16-5-9)6-19-2-1-11-10(7-19)12(20)18-13(15)17-11/h3-5H,1-2,6-7H2,(H3,15,17,18,20). The average Bonchev–Trinajstić information content (AvgIpc) is 2.39. The average molecular weight is 275 g/mol. The summed E-state index contributed by atoms with van der Waals surface area (Å²) in [6.07, 6.45) is 3.46. The molecule has 0 fully saturated rings. The summed E-state index contributed by atoms with van der Waals surface area (Å²) in [6.45, 7) is 1.78. The zero-order valence-electron chi connectivity index (χ0n) is 10.8. The lowest BCUT2D eigenvalue weighted by Crippen LogP contribution is -2.35. The Labute approximate surface area is 114 Å². The van der Waals surface area contributed by atoms with Crippen LogP contribution in [-0.2, 0) is 19.5 Å². The van der Waals surface area contributed by atoms with Crippen LogP contribution in [0.4, 0.5) is 10.3 Å². The quantitative estimate of drug-likeness (QED) is 0.830. The molecule has 0 amide bonds. The van der Waals surface area contributed by atoms with Crippen molar-refractivity contribution in [1.29, 1.82) is 0 Å². The molecular formula is C13H14FN5O. The number of anilines is 1. The van der Waals surface area contributed by atoms with Crippen LogP contribution >= 0.6 is 0 Å². The van der Waals surface area contributed by atoms with Gasteiger partial charge in [0.1, 0.15) is 5.82 Å². The first-order valence-electron chi connectivity index (χ1n) is 6.31. The Morgan fingerprint density at radius 1 is 1.45 bits per heavy atom. The number of nitrogens with zero attached hydrogens (tertiary/aromatic N) is 3. The number of nitrogens with one attached hydrogen (secondary N) is 1. The molecule has 0 radical (unpaired) electrons. The number of fused-ring (bicyclic) bond motifs is 1. The van der Waals surface area contributed by atoms with E-state index in [1.807, 2.05) is 0 Å². The van der Waals surface area contributed by atoms with Crippen LogP contribution in [0.15, 0.2) is 23.3 Å². The summed E-state index contributed by atoms with van der Waals surface area (Å²) in [5.41, 5.74) is 7.50. The van der Waals surface area contributed by atoms with Gasteiger partial charge in [-0.25, -0.2) is 9.37 Å². The highest BCUT2D eigenvalue weighted by atomic mass is 19.1. The highest BCUT2D eigenvalue weighted by Gasteiger charge is 2.20. The fraction of sp³-hybridized carbons (Fsp3) is 0.308.